The van der Waals surface area contributed by atoms with Gasteiger partial charge in [-0.2, -0.15) is 10.2 Å². The fourth-order valence-corrected chi connectivity index (χ4v) is 2.72. The fourth-order valence-electron chi connectivity index (χ4n) is 1.94. The van der Waals surface area contributed by atoms with Crippen LogP contribution in [0.5, 0.6) is 0 Å². The summed E-state index contributed by atoms with van der Waals surface area (Å²) in [5.41, 5.74) is 3.91. The molecular weight excluding hydrogens is 304 g/mol. The number of hydrogen-bond acceptors (Lipinski definition) is 2. The third-order valence-electron chi connectivity index (χ3n) is 2.85. The van der Waals surface area contributed by atoms with Crippen molar-refractivity contribution in [3.63, 3.8) is 0 Å². The molecule has 0 spiro atoms. The third-order valence-corrected chi connectivity index (χ3v) is 3.96. The molecule has 4 nitrogen and oxygen atoms in total. The average Bonchev–Trinajstić information content (AvgIpc) is 2.69. The fraction of sp³-hybridized carbons (Fsp3) is 0.455. The van der Waals surface area contributed by atoms with Crippen molar-refractivity contribution in [1.29, 1.82) is 0 Å². The second kappa shape index (κ2) is 4.46. The number of nitrogens with zero attached hydrogens (tertiary/aromatic N) is 4. The Morgan fingerprint density at radius 2 is 1.82 bits per heavy atom. The Morgan fingerprint density at radius 3 is 2.29 bits per heavy atom. The van der Waals surface area contributed by atoms with Gasteiger partial charge in [0.15, 0.2) is 5.82 Å². The van der Waals surface area contributed by atoms with E-state index in [4.69, 9.17) is 11.6 Å². The maximum atomic E-state index is 6.18. The van der Waals surface area contributed by atoms with Crippen molar-refractivity contribution in [2.24, 2.45) is 7.05 Å². The highest BCUT2D eigenvalue weighted by Gasteiger charge is 2.18. The lowest BCUT2D eigenvalue weighted by molar-refractivity contribution is 0.681. The van der Waals surface area contributed by atoms with Crippen molar-refractivity contribution in [2.45, 2.75) is 26.1 Å². The van der Waals surface area contributed by atoms with Crippen LogP contribution in [0.1, 0.15) is 22.6 Å². The molecule has 6 heteroatoms. The maximum absolute atomic E-state index is 6.18. The van der Waals surface area contributed by atoms with Gasteiger partial charge in [0.05, 0.1) is 22.1 Å². The van der Waals surface area contributed by atoms with Crippen molar-refractivity contribution in [2.75, 3.05) is 0 Å². The van der Waals surface area contributed by atoms with Crippen molar-refractivity contribution < 1.29 is 0 Å². The van der Waals surface area contributed by atoms with Gasteiger partial charge in [0.1, 0.15) is 0 Å². The van der Waals surface area contributed by atoms with E-state index in [2.05, 4.69) is 26.1 Å². The van der Waals surface area contributed by atoms with E-state index < -0.39 is 0 Å². The van der Waals surface area contributed by atoms with Gasteiger partial charge in [0.2, 0.25) is 0 Å². The standard InChI is InChI=1S/C11H14BrClN4/c1-6-9(5-12)11(16(4)14-6)17-8(3)10(13)7(2)15-17/h5H2,1-4H3. The molecule has 0 saturated heterocycles. The molecule has 2 rings (SSSR count). The Balaban J connectivity index is 2.72. The Bertz CT molecular complexity index is 571. The molecule has 0 unspecified atom stereocenters. The number of alkyl halides is 1. The molecule has 2 aromatic heterocycles. The van der Waals surface area contributed by atoms with Crippen LogP contribution >= 0.6 is 27.5 Å². The lowest BCUT2D eigenvalue weighted by Gasteiger charge is -2.06. The zero-order valence-corrected chi connectivity index (χ0v) is 12.6. The smallest absolute Gasteiger partial charge is 0.156 e. The van der Waals surface area contributed by atoms with E-state index in [0.717, 1.165) is 33.8 Å². The SMILES string of the molecule is Cc1nn(-c2c(CBr)c(C)nn2C)c(C)c1Cl. The summed E-state index contributed by atoms with van der Waals surface area (Å²) in [6.45, 7) is 5.86. The number of hydrogen-bond donors (Lipinski definition) is 0. The van der Waals surface area contributed by atoms with E-state index in [-0.39, 0.29) is 0 Å². The summed E-state index contributed by atoms with van der Waals surface area (Å²) >= 11 is 9.67. The minimum Gasteiger partial charge on any atom is -0.250 e. The van der Waals surface area contributed by atoms with Crippen LogP contribution < -0.4 is 0 Å². The Labute approximate surface area is 114 Å². The van der Waals surface area contributed by atoms with Gasteiger partial charge in [-0.15, -0.1) is 0 Å². The first-order valence-corrected chi connectivity index (χ1v) is 6.77. The zero-order chi connectivity index (χ0) is 12.7. The molecule has 0 bridgehead atoms. The van der Waals surface area contributed by atoms with Gasteiger partial charge in [0, 0.05) is 17.9 Å². The third kappa shape index (κ3) is 1.91. The lowest BCUT2D eigenvalue weighted by atomic mass is 10.3. The average molecular weight is 318 g/mol. The summed E-state index contributed by atoms with van der Waals surface area (Å²) in [4.78, 5) is 0. The highest BCUT2D eigenvalue weighted by Crippen LogP contribution is 2.26. The van der Waals surface area contributed by atoms with Crippen molar-refractivity contribution >= 4 is 27.5 Å². The van der Waals surface area contributed by atoms with Gasteiger partial charge in [-0.3, -0.25) is 4.68 Å². The van der Waals surface area contributed by atoms with E-state index in [1.165, 1.54) is 0 Å². The summed E-state index contributed by atoms with van der Waals surface area (Å²) in [6, 6.07) is 0. The van der Waals surface area contributed by atoms with Gasteiger partial charge in [-0.25, -0.2) is 4.68 Å². The van der Waals surface area contributed by atoms with Crippen molar-refractivity contribution in [1.82, 2.24) is 19.6 Å². The first kappa shape index (κ1) is 12.6. The first-order chi connectivity index (χ1) is 7.97. The molecule has 17 heavy (non-hydrogen) atoms. The molecule has 0 fully saturated rings. The number of aryl methyl sites for hydroxylation is 3. The summed E-state index contributed by atoms with van der Waals surface area (Å²) < 4.78 is 3.69. The molecule has 0 amide bonds. The van der Waals surface area contributed by atoms with Gasteiger partial charge in [0.25, 0.3) is 0 Å². The van der Waals surface area contributed by atoms with Gasteiger partial charge >= 0.3 is 0 Å². The summed E-state index contributed by atoms with van der Waals surface area (Å²) in [5, 5.41) is 10.3. The van der Waals surface area contributed by atoms with Crippen LogP contribution in [0.4, 0.5) is 0 Å². The van der Waals surface area contributed by atoms with Crippen LogP contribution in [-0.4, -0.2) is 19.6 Å². The second-order valence-corrected chi connectivity index (χ2v) is 4.98. The molecule has 0 atom stereocenters. The van der Waals surface area contributed by atoms with Gasteiger partial charge < -0.3 is 0 Å². The molecule has 2 aromatic rings. The van der Waals surface area contributed by atoms with Crippen molar-refractivity contribution in [3.05, 3.63) is 27.7 Å². The maximum Gasteiger partial charge on any atom is 0.156 e. The number of halogens is 2. The van der Waals surface area contributed by atoms with E-state index >= 15 is 0 Å². The molecule has 0 aliphatic rings. The van der Waals surface area contributed by atoms with Crippen LogP contribution in [0.2, 0.25) is 5.02 Å². The summed E-state index contributed by atoms with van der Waals surface area (Å²) in [6.07, 6.45) is 0. The minimum atomic E-state index is 0.712. The molecule has 0 saturated carbocycles. The highest BCUT2D eigenvalue weighted by atomic mass is 79.9. The summed E-state index contributed by atoms with van der Waals surface area (Å²) in [5.74, 6) is 0.965. The molecule has 0 radical (unpaired) electrons. The molecule has 2 heterocycles. The number of aromatic nitrogens is 4. The quantitative estimate of drug-likeness (QED) is 0.798. The molecule has 92 valence electrons. The van der Waals surface area contributed by atoms with Gasteiger partial charge in [-0.05, 0) is 20.8 Å². The summed E-state index contributed by atoms with van der Waals surface area (Å²) in [7, 11) is 1.92. The Kier molecular flexibility index (Phi) is 3.32. The number of rotatable bonds is 2. The molecular formula is C11H14BrClN4. The van der Waals surface area contributed by atoms with E-state index in [9.17, 15) is 0 Å². The van der Waals surface area contributed by atoms with Crippen LogP contribution in [0.3, 0.4) is 0 Å². The Hall–Kier alpha value is -0.810. The zero-order valence-electron chi connectivity index (χ0n) is 10.3. The normalized spacial score (nSPS) is 11.2. The second-order valence-electron chi connectivity index (χ2n) is 4.04. The van der Waals surface area contributed by atoms with E-state index in [1.807, 2.05) is 37.2 Å². The minimum absolute atomic E-state index is 0.712. The van der Waals surface area contributed by atoms with Crippen molar-refractivity contribution in [3.8, 4) is 5.82 Å². The lowest BCUT2D eigenvalue weighted by Crippen LogP contribution is -2.08. The Morgan fingerprint density at radius 1 is 1.18 bits per heavy atom. The van der Waals surface area contributed by atoms with Crippen LogP contribution in [0, 0.1) is 20.8 Å². The predicted octanol–water partition coefficient (Wildman–Crippen LogP) is 3.08. The van der Waals surface area contributed by atoms with Gasteiger partial charge in [-0.1, -0.05) is 27.5 Å². The molecule has 0 N–H and O–H groups in total. The first-order valence-electron chi connectivity index (χ1n) is 5.28. The predicted molar refractivity (Wildman–Crippen MR) is 72.2 cm³/mol. The van der Waals surface area contributed by atoms with Crippen LogP contribution in [-0.2, 0) is 12.4 Å². The molecule has 0 aliphatic carbocycles. The van der Waals surface area contributed by atoms with E-state index in [0.29, 0.717) is 5.02 Å². The monoisotopic (exact) mass is 316 g/mol. The van der Waals surface area contributed by atoms with Crippen LogP contribution in [0.15, 0.2) is 0 Å². The van der Waals surface area contributed by atoms with E-state index in [1.54, 1.807) is 0 Å². The largest absolute Gasteiger partial charge is 0.250 e. The highest BCUT2D eigenvalue weighted by molar-refractivity contribution is 9.08. The molecule has 0 aliphatic heterocycles. The van der Waals surface area contributed by atoms with Crippen LogP contribution in [0.25, 0.3) is 5.82 Å². The molecule has 0 aromatic carbocycles. The topological polar surface area (TPSA) is 35.6 Å².